The van der Waals surface area contributed by atoms with Crippen molar-refractivity contribution in [1.82, 2.24) is 4.90 Å². The Balaban J connectivity index is 1.58. The second-order valence-corrected chi connectivity index (χ2v) is 7.33. The Morgan fingerprint density at radius 2 is 1.46 bits per heavy atom. The third-order valence-corrected chi connectivity index (χ3v) is 5.60. The summed E-state index contributed by atoms with van der Waals surface area (Å²) in [5, 5.41) is 2.54. The first-order valence-corrected chi connectivity index (χ1v) is 9.87. The van der Waals surface area contributed by atoms with Crippen LogP contribution in [-0.4, -0.2) is 18.2 Å². The van der Waals surface area contributed by atoms with Gasteiger partial charge in [-0.3, -0.25) is 4.90 Å². The summed E-state index contributed by atoms with van der Waals surface area (Å²) in [5.41, 5.74) is 3.96. The summed E-state index contributed by atoms with van der Waals surface area (Å²) in [6, 6.07) is 34.6. The maximum absolute atomic E-state index is 6.21. The van der Waals surface area contributed by atoms with Gasteiger partial charge in [0.1, 0.15) is 12.5 Å². The Hall–Kier alpha value is -3.10. The number of nitrogens with zero attached hydrogens (tertiary/aromatic N) is 1. The average molecular weight is 365 g/mol. The molecule has 0 radical (unpaired) electrons. The highest BCUT2D eigenvalue weighted by Crippen LogP contribution is 2.42. The van der Waals surface area contributed by atoms with Crippen molar-refractivity contribution >= 4 is 10.8 Å². The van der Waals surface area contributed by atoms with E-state index in [0.29, 0.717) is 6.73 Å². The molecule has 28 heavy (non-hydrogen) atoms. The Kier molecular flexibility index (Phi) is 4.56. The number of ether oxygens (including phenoxy) is 1. The van der Waals surface area contributed by atoms with E-state index in [1.165, 1.54) is 27.5 Å². The largest absolute Gasteiger partial charge is 0.478 e. The van der Waals surface area contributed by atoms with Gasteiger partial charge in [0.2, 0.25) is 0 Å². The number of rotatable bonds is 4. The van der Waals surface area contributed by atoms with E-state index in [1.807, 2.05) is 0 Å². The standard InChI is InChI=1S/C26H23NO/c1-3-9-20(10-4-1)17-18-27-19-28-24-16-15-21-11-7-8-14-23(21)25(24)26(27)22-12-5-2-6-13-22/h1-16,26H,17-19H2. The lowest BCUT2D eigenvalue weighted by atomic mass is 9.90. The minimum absolute atomic E-state index is 0.194. The SMILES string of the molecule is c1ccc(CCN2COc3ccc4ccccc4c3C2c2ccccc2)cc1. The fraction of sp³-hybridized carbons (Fsp3) is 0.154. The van der Waals surface area contributed by atoms with E-state index in [0.717, 1.165) is 18.7 Å². The second-order valence-electron chi connectivity index (χ2n) is 7.33. The van der Waals surface area contributed by atoms with Gasteiger partial charge in [-0.15, -0.1) is 0 Å². The molecule has 0 saturated carbocycles. The van der Waals surface area contributed by atoms with Crippen LogP contribution in [0.3, 0.4) is 0 Å². The smallest absolute Gasteiger partial charge is 0.142 e. The minimum atomic E-state index is 0.194. The van der Waals surface area contributed by atoms with Crippen molar-refractivity contribution in [2.45, 2.75) is 12.5 Å². The van der Waals surface area contributed by atoms with E-state index in [2.05, 4.69) is 102 Å². The van der Waals surface area contributed by atoms with E-state index in [1.54, 1.807) is 0 Å². The molecule has 0 N–H and O–H groups in total. The lowest BCUT2D eigenvalue weighted by molar-refractivity contribution is 0.0755. The fourth-order valence-corrected chi connectivity index (χ4v) is 4.22. The van der Waals surface area contributed by atoms with Crippen LogP contribution in [0.25, 0.3) is 10.8 Å². The zero-order valence-electron chi connectivity index (χ0n) is 15.8. The van der Waals surface area contributed by atoms with Gasteiger partial charge in [0, 0.05) is 12.1 Å². The molecule has 1 aliphatic heterocycles. The number of fused-ring (bicyclic) bond motifs is 3. The highest BCUT2D eigenvalue weighted by molar-refractivity contribution is 5.89. The van der Waals surface area contributed by atoms with Crippen LogP contribution in [0.4, 0.5) is 0 Å². The van der Waals surface area contributed by atoms with Crippen molar-refractivity contribution < 1.29 is 4.74 Å². The molecule has 1 heterocycles. The summed E-state index contributed by atoms with van der Waals surface area (Å²) < 4.78 is 6.21. The molecule has 2 nitrogen and oxygen atoms in total. The zero-order valence-corrected chi connectivity index (χ0v) is 15.8. The van der Waals surface area contributed by atoms with Crippen LogP contribution in [0.2, 0.25) is 0 Å². The number of hydrogen-bond donors (Lipinski definition) is 0. The fourth-order valence-electron chi connectivity index (χ4n) is 4.22. The Labute approximate surface area is 166 Å². The van der Waals surface area contributed by atoms with Crippen molar-refractivity contribution in [2.24, 2.45) is 0 Å². The van der Waals surface area contributed by atoms with Gasteiger partial charge in [-0.1, -0.05) is 91.0 Å². The normalized spacial score (nSPS) is 16.5. The molecule has 0 aromatic heterocycles. The summed E-state index contributed by atoms with van der Waals surface area (Å²) >= 11 is 0. The molecule has 4 aromatic carbocycles. The van der Waals surface area contributed by atoms with Crippen LogP contribution < -0.4 is 4.74 Å². The van der Waals surface area contributed by atoms with E-state index in [-0.39, 0.29) is 6.04 Å². The Morgan fingerprint density at radius 3 is 2.29 bits per heavy atom. The highest BCUT2D eigenvalue weighted by Gasteiger charge is 2.31. The number of benzene rings is 4. The van der Waals surface area contributed by atoms with Gasteiger partial charge in [0.05, 0.1) is 6.04 Å². The molecule has 0 amide bonds. The predicted molar refractivity (Wildman–Crippen MR) is 115 cm³/mol. The summed E-state index contributed by atoms with van der Waals surface area (Å²) in [6.45, 7) is 1.56. The average Bonchev–Trinajstić information content (AvgIpc) is 2.78. The molecule has 0 bridgehead atoms. The van der Waals surface area contributed by atoms with Crippen LogP contribution in [0, 0.1) is 0 Å². The van der Waals surface area contributed by atoms with E-state index in [9.17, 15) is 0 Å². The summed E-state index contributed by atoms with van der Waals surface area (Å²) in [7, 11) is 0. The molecule has 0 fully saturated rings. The van der Waals surface area contributed by atoms with Gasteiger partial charge >= 0.3 is 0 Å². The van der Waals surface area contributed by atoms with Gasteiger partial charge in [0.15, 0.2) is 0 Å². The Morgan fingerprint density at radius 1 is 0.750 bits per heavy atom. The molecule has 1 unspecified atom stereocenters. The molecule has 4 aromatic rings. The summed E-state index contributed by atoms with van der Waals surface area (Å²) in [4.78, 5) is 2.46. The monoisotopic (exact) mass is 365 g/mol. The van der Waals surface area contributed by atoms with E-state index in [4.69, 9.17) is 4.74 Å². The van der Waals surface area contributed by atoms with Gasteiger partial charge < -0.3 is 4.74 Å². The molecule has 0 saturated heterocycles. The lowest BCUT2D eigenvalue weighted by Crippen LogP contribution is -2.38. The van der Waals surface area contributed by atoms with Gasteiger partial charge in [0.25, 0.3) is 0 Å². The molecule has 2 heteroatoms. The topological polar surface area (TPSA) is 12.5 Å². The van der Waals surface area contributed by atoms with Gasteiger partial charge in [-0.2, -0.15) is 0 Å². The minimum Gasteiger partial charge on any atom is -0.478 e. The van der Waals surface area contributed by atoms with Crippen molar-refractivity contribution in [3.63, 3.8) is 0 Å². The van der Waals surface area contributed by atoms with Crippen LogP contribution >= 0.6 is 0 Å². The molecule has 138 valence electrons. The van der Waals surface area contributed by atoms with Crippen LogP contribution in [0.1, 0.15) is 22.7 Å². The number of hydrogen-bond acceptors (Lipinski definition) is 2. The Bertz CT molecular complexity index is 1080. The third kappa shape index (κ3) is 3.17. The first kappa shape index (κ1) is 17.0. The lowest BCUT2D eigenvalue weighted by Gasteiger charge is -2.38. The predicted octanol–water partition coefficient (Wildman–Crippen LogP) is 5.82. The van der Waals surface area contributed by atoms with Crippen molar-refractivity contribution in [2.75, 3.05) is 13.3 Å². The molecular formula is C26H23NO. The quantitative estimate of drug-likeness (QED) is 0.451. The van der Waals surface area contributed by atoms with Crippen LogP contribution in [0.5, 0.6) is 5.75 Å². The molecule has 0 spiro atoms. The van der Waals surface area contributed by atoms with Crippen LogP contribution in [-0.2, 0) is 6.42 Å². The van der Waals surface area contributed by atoms with Gasteiger partial charge in [-0.05, 0) is 34.4 Å². The maximum atomic E-state index is 6.21. The summed E-state index contributed by atoms with van der Waals surface area (Å²) in [5.74, 6) is 1.00. The molecular weight excluding hydrogens is 342 g/mol. The third-order valence-electron chi connectivity index (χ3n) is 5.60. The van der Waals surface area contributed by atoms with Crippen molar-refractivity contribution in [3.8, 4) is 5.75 Å². The first-order valence-electron chi connectivity index (χ1n) is 9.87. The zero-order chi connectivity index (χ0) is 18.8. The van der Waals surface area contributed by atoms with E-state index >= 15 is 0 Å². The molecule has 0 aliphatic carbocycles. The molecule has 5 rings (SSSR count). The molecule has 1 atom stereocenters. The first-order chi connectivity index (χ1) is 13.9. The maximum Gasteiger partial charge on any atom is 0.142 e. The van der Waals surface area contributed by atoms with E-state index < -0.39 is 0 Å². The highest BCUT2D eigenvalue weighted by atomic mass is 16.5. The van der Waals surface area contributed by atoms with Gasteiger partial charge in [-0.25, -0.2) is 0 Å². The molecule has 1 aliphatic rings. The second kappa shape index (κ2) is 7.49. The van der Waals surface area contributed by atoms with Crippen molar-refractivity contribution in [3.05, 3.63) is 114 Å². The van der Waals surface area contributed by atoms with Crippen LogP contribution in [0.15, 0.2) is 97.1 Å². The van der Waals surface area contributed by atoms with Crippen molar-refractivity contribution in [1.29, 1.82) is 0 Å². The summed E-state index contributed by atoms with van der Waals surface area (Å²) in [6.07, 6.45) is 1.01.